The lowest BCUT2D eigenvalue weighted by Gasteiger charge is -2.05. The minimum absolute atomic E-state index is 0.348. The van der Waals surface area contributed by atoms with Crippen LogP contribution in [0.3, 0.4) is 0 Å². The number of furan rings is 1. The number of rotatable bonds is 2. The molecular weight excluding hydrogens is 208 g/mol. The van der Waals surface area contributed by atoms with Crippen LogP contribution in [-0.4, -0.2) is 16.2 Å². The largest absolute Gasteiger partial charge is 0.479 e. The van der Waals surface area contributed by atoms with Gasteiger partial charge in [-0.2, -0.15) is 0 Å². The first kappa shape index (κ1) is 10.7. The lowest BCUT2D eigenvalue weighted by atomic mass is 10.0. The molecule has 0 aliphatic carbocycles. The number of hydrogen-bond donors (Lipinski definition) is 2. The predicted molar refractivity (Wildman–Crippen MR) is 58.3 cm³/mol. The number of carboxylic acid groups (broad SMARTS) is 1. The molecule has 0 fully saturated rings. The van der Waals surface area contributed by atoms with Gasteiger partial charge in [0, 0.05) is 10.9 Å². The number of aliphatic hydroxyl groups excluding tert-OH is 1. The summed E-state index contributed by atoms with van der Waals surface area (Å²) in [5.74, 6) is -0.826. The lowest BCUT2D eigenvalue weighted by Crippen LogP contribution is -2.11. The molecule has 2 N–H and O–H groups in total. The third kappa shape index (κ3) is 1.47. The van der Waals surface area contributed by atoms with E-state index in [1.807, 2.05) is 19.1 Å². The number of aliphatic carboxylic acids is 1. The Morgan fingerprint density at radius 1 is 1.38 bits per heavy atom. The molecule has 4 heteroatoms. The van der Waals surface area contributed by atoms with Crippen molar-refractivity contribution in [2.75, 3.05) is 0 Å². The van der Waals surface area contributed by atoms with E-state index < -0.39 is 12.1 Å². The number of carbonyl (C=O) groups is 1. The number of carboxylic acids is 1. The average Bonchev–Trinajstić information content (AvgIpc) is 2.54. The highest BCUT2D eigenvalue weighted by Crippen LogP contribution is 2.32. The molecule has 16 heavy (non-hydrogen) atoms. The summed E-state index contributed by atoms with van der Waals surface area (Å²) in [6.07, 6.45) is -1.54. The molecule has 1 aromatic heterocycles. The Kier molecular flexibility index (Phi) is 2.44. The fraction of sp³-hybridized carbons (Fsp3) is 0.250. The molecule has 0 aliphatic heterocycles. The van der Waals surface area contributed by atoms with Crippen LogP contribution in [0.4, 0.5) is 0 Å². The summed E-state index contributed by atoms with van der Waals surface area (Å²) in [4.78, 5) is 10.8. The maximum Gasteiger partial charge on any atom is 0.337 e. The average molecular weight is 220 g/mol. The van der Waals surface area contributed by atoms with E-state index in [2.05, 4.69) is 0 Å². The van der Waals surface area contributed by atoms with Gasteiger partial charge in [-0.25, -0.2) is 4.79 Å². The van der Waals surface area contributed by atoms with Gasteiger partial charge >= 0.3 is 5.97 Å². The molecule has 1 heterocycles. The van der Waals surface area contributed by atoms with E-state index in [1.54, 1.807) is 13.0 Å². The summed E-state index contributed by atoms with van der Waals surface area (Å²) >= 11 is 0. The first-order chi connectivity index (χ1) is 7.52. The quantitative estimate of drug-likeness (QED) is 0.813. The molecule has 0 aliphatic rings. The molecule has 1 atom stereocenters. The second kappa shape index (κ2) is 3.64. The van der Waals surface area contributed by atoms with E-state index in [9.17, 15) is 9.90 Å². The van der Waals surface area contributed by atoms with Crippen LogP contribution < -0.4 is 0 Å². The van der Waals surface area contributed by atoms with Crippen molar-refractivity contribution in [2.45, 2.75) is 20.0 Å². The summed E-state index contributed by atoms with van der Waals surface area (Å²) in [6, 6.07) is 5.44. The highest BCUT2D eigenvalue weighted by Gasteiger charge is 2.24. The molecule has 0 bridgehead atoms. The minimum Gasteiger partial charge on any atom is -0.479 e. The summed E-state index contributed by atoms with van der Waals surface area (Å²) < 4.78 is 5.43. The van der Waals surface area contributed by atoms with Gasteiger partial charge in [0.25, 0.3) is 0 Å². The fourth-order valence-electron chi connectivity index (χ4n) is 1.92. The number of benzene rings is 1. The molecule has 0 amide bonds. The Balaban J connectivity index is 2.77. The van der Waals surface area contributed by atoms with E-state index in [0.717, 1.165) is 5.56 Å². The third-order valence-corrected chi connectivity index (χ3v) is 2.65. The Labute approximate surface area is 92.1 Å². The summed E-state index contributed by atoms with van der Waals surface area (Å²) in [6.45, 7) is 3.51. The smallest absolute Gasteiger partial charge is 0.337 e. The van der Waals surface area contributed by atoms with E-state index in [4.69, 9.17) is 9.52 Å². The second-order valence-electron chi connectivity index (χ2n) is 3.76. The van der Waals surface area contributed by atoms with Gasteiger partial charge in [-0.3, -0.25) is 0 Å². The SMILES string of the molecule is Cc1oc2cccc(C)c2c1C(O)C(=O)O. The number of aliphatic hydroxyl groups is 1. The van der Waals surface area contributed by atoms with Crippen molar-refractivity contribution in [2.24, 2.45) is 0 Å². The van der Waals surface area contributed by atoms with Gasteiger partial charge in [-0.15, -0.1) is 0 Å². The van der Waals surface area contributed by atoms with Crippen molar-refractivity contribution in [3.05, 3.63) is 35.1 Å². The normalized spacial score (nSPS) is 12.9. The molecule has 1 aromatic carbocycles. The zero-order valence-corrected chi connectivity index (χ0v) is 9.02. The molecule has 1 unspecified atom stereocenters. The van der Waals surface area contributed by atoms with Crippen molar-refractivity contribution in [1.82, 2.24) is 0 Å². The van der Waals surface area contributed by atoms with Crippen LogP contribution in [0.2, 0.25) is 0 Å². The van der Waals surface area contributed by atoms with E-state index in [1.165, 1.54) is 0 Å². The molecular formula is C12H12O4. The van der Waals surface area contributed by atoms with Crippen LogP contribution in [0.15, 0.2) is 22.6 Å². The number of aryl methyl sites for hydroxylation is 2. The standard InChI is InChI=1S/C12H12O4/c1-6-4-3-5-8-9(6)10(7(2)16-8)11(13)12(14)15/h3-5,11,13H,1-2H3,(H,14,15). The second-order valence-corrected chi connectivity index (χ2v) is 3.76. The maximum atomic E-state index is 10.8. The monoisotopic (exact) mass is 220 g/mol. The zero-order valence-electron chi connectivity index (χ0n) is 9.02. The summed E-state index contributed by atoms with van der Waals surface area (Å²) in [5, 5.41) is 19.2. The summed E-state index contributed by atoms with van der Waals surface area (Å²) in [7, 11) is 0. The molecule has 0 radical (unpaired) electrons. The Bertz CT molecular complexity index is 553. The minimum atomic E-state index is -1.54. The van der Waals surface area contributed by atoms with Gasteiger partial charge in [-0.05, 0) is 25.5 Å². The van der Waals surface area contributed by atoms with Gasteiger partial charge in [-0.1, -0.05) is 12.1 Å². The van der Waals surface area contributed by atoms with Crippen LogP contribution in [0.1, 0.15) is 23.0 Å². The van der Waals surface area contributed by atoms with Gasteiger partial charge < -0.3 is 14.6 Å². The van der Waals surface area contributed by atoms with Crippen LogP contribution in [0, 0.1) is 13.8 Å². The van der Waals surface area contributed by atoms with Crippen LogP contribution >= 0.6 is 0 Å². The molecule has 0 spiro atoms. The van der Waals surface area contributed by atoms with Crippen LogP contribution in [0.25, 0.3) is 11.0 Å². The van der Waals surface area contributed by atoms with Crippen molar-refractivity contribution in [3.8, 4) is 0 Å². The van der Waals surface area contributed by atoms with E-state index >= 15 is 0 Å². The molecule has 0 saturated heterocycles. The Morgan fingerprint density at radius 3 is 2.69 bits per heavy atom. The third-order valence-electron chi connectivity index (χ3n) is 2.65. The topological polar surface area (TPSA) is 70.7 Å². The highest BCUT2D eigenvalue weighted by atomic mass is 16.4. The molecule has 0 saturated carbocycles. The lowest BCUT2D eigenvalue weighted by molar-refractivity contribution is -0.146. The molecule has 2 aromatic rings. The Morgan fingerprint density at radius 2 is 2.06 bits per heavy atom. The van der Waals surface area contributed by atoms with Crippen LogP contribution in [0.5, 0.6) is 0 Å². The van der Waals surface area contributed by atoms with Gasteiger partial charge in [0.05, 0.1) is 0 Å². The molecule has 4 nitrogen and oxygen atoms in total. The maximum absolute atomic E-state index is 10.8. The molecule has 84 valence electrons. The fourth-order valence-corrected chi connectivity index (χ4v) is 1.92. The van der Waals surface area contributed by atoms with E-state index in [0.29, 0.717) is 22.3 Å². The van der Waals surface area contributed by atoms with Crippen molar-refractivity contribution >= 4 is 16.9 Å². The van der Waals surface area contributed by atoms with Crippen molar-refractivity contribution in [3.63, 3.8) is 0 Å². The predicted octanol–water partition coefficient (Wildman–Crippen LogP) is 2.17. The van der Waals surface area contributed by atoms with Crippen molar-refractivity contribution in [1.29, 1.82) is 0 Å². The highest BCUT2D eigenvalue weighted by molar-refractivity contribution is 5.90. The van der Waals surface area contributed by atoms with Crippen LogP contribution in [-0.2, 0) is 4.79 Å². The number of hydrogen-bond acceptors (Lipinski definition) is 3. The van der Waals surface area contributed by atoms with E-state index in [-0.39, 0.29) is 0 Å². The molecule has 2 rings (SSSR count). The van der Waals surface area contributed by atoms with Gasteiger partial charge in [0.15, 0.2) is 6.10 Å². The summed E-state index contributed by atoms with van der Waals surface area (Å²) in [5.41, 5.74) is 1.85. The van der Waals surface area contributed by atoms with Crippen molar-refractivity contribution < 1.29 is 19.4 Å². The Hall–Kier alpha value is -1.81. The first-order valence-electron chi connectivity index (χ1n) is 4.92. The first-order valence-corrected chi connectivity index (χ1v) is 4.92. The zero-order chi connectivity index (χ0) is 11.9. The van der Waals surface area contributed by atoms with Gasteiger partial charge in [0.1, 0.15) is 11.3 Å². The number of fused-ring (bicyclic) bond motifs is 1. The van der Waals surface area contributed by atoms with Gasteiger partial charge in [0.2, 0.25) is 0 Å².